The Morgan fingerprint density at radius 2 is 1.97 bits per heavy atom. The zero-order valence-electron chi connectivity index (χ0n) is 16.5. The Bertz CT molecular complexity index is 876. The Labute approximate surface area is 180 Å². The summed E-state index contributed by atoms with van der Waals surface area (Å²) in [5.74, 6) is -2.02. The third kappa shape index (κ3) is 5.01. The number of dihydropyridines is 1. The topological polar surface area (TPSA) is 73.9 Å². The van der Waals surface area contributed by atoms with Gasteiger partial charge >= 0.3 is 11.9 Å². The second-order valence-corrected chi connectivity index (χ2v) is 6.93. The van der Waals surface area contributed by atoms with E-state index >= 15 is 0 Å². The fourth-order valence-corrected chi connectivity index (χ4v) is 3.56. The molecule has 1 aromatic rings. The van der Waals surface area contributed by atoms with Gasteiger partial charge in [-0.1, -0.05) is 41.4 Å². The van der Waals surface area contributed by atoms with Gasteiger partial charge in [-0.25, -0.2) is 9.59 Å². The number of ether oxygens (including phenoxy) is 3. The van der Waals surface area contributed by atoms with Crippen LogP contribution in [0.3, 0.4) is 0 Å². The predicted molar refractivity (Wildman–Crippen MR) is 112 cm³/mol. The molecular weight excluding hydrogens is 417 g/mol. The molecule has 0 aromatic heterocycles. The Hall–Kier alpha value is -2.28. The summed E-state index contributed by atoms with van der Waals surface area (Å²) in [6.07, 6.45) is 1.60. The van der Waals surface area contributed by atoms with Crippen molar-refractivity contribution < 1.29 is 23.8 Å². The number of nitrogens with one attached hydrogen (secondary N) is 1. The lowest BCUT2D eigenvalue weighted by Gasteiger charge is -2.31. The van der Waals surface area contributed by atoms with Crippen molar-refractivity contribution in [3.8, 4) is 0 Å². The second kappa shape index (κ2) is 10.5. The molecule has 0 radical (unpaired) electrons. The summed E-state index contributed by atoms with van der Waals surface area (Å²) < 4.78 is 15.8. The molecule has 1 aliphatic rings. The van der Waals surface area contributed by atoms with Crippen molar-refractivity contribution in [1.82, 2.24) is 5.32 Å². The molecule has 1 atom stereocenters. The Morgan fingerprint density at radius 3 is 2.59 bits per heavy atom. The van der Waals surface area contributed by atoms with Crippen molar-refractivity contribution in [2.45, 2.75) is 19.8 Å². The highest BCUT2D eigenvalue weighted by Gasteiger charge is 2.39. The molecule has 29 heavy (non-hydrogen) atoms. The van der Waals surface area contributed by atoms with Gasteiger partial charge in [-0.15, -0.1) is 6.58 Å². The summed E-state index contributed by atoms with van der Waals surface area (Å²) in [7, 11) is 1.27. The van der Waals surface area contributed by atoms with Crippen molar-refractivity contribution in [3.05, 3.63) is 69.0 Å². The standard InChI is InChI=1S/C21H23Cl2NO5/c1-5-10-28-11-15-18(21(26)29-6-2)17(13-8-7-9-14(22)19(13)23)16(12(3)24-15)20(25)27-4/h5,7-9,17,24H,1,6,10-11H2,2-4H3. The lowest BCUT2D eigenvalue weighted by molar-refractivity contribution is -0.139. The third-order valence-electron chi connectivity index (χ3n) is 4.32. The summed E-state index contributed by atoms with van der Waals surface area (Å²) in [6, 6.07) is 5.04. The summed E-state index contributed by atoms with van der Waals surface area (Å²) in [4.78, 5) is 25.6. The highest BCUT2D eigenvalue weighted by molar-refractivity contribution is 6.42. The molecule has 0 fully saturated rings. The maximum Gasteiger partial charge on any atom is 0.336 e. The maximum absolute atomic E-state index is 12.9. The van der Waals surface area contributed by atoms with Crippen LogP contribution in [0.4, 0.5) is 0 Å². The molecule has 0 amide bonds. The van der Waals surface area contributed by atoms with E-state index in [-0.39, 0.29) is 36.0 Å². The molecule has 0 saturated carbocycles. The van der Waals surface area contributed by atoms with Gasteiger partial charge in [0.1, 0.15) is 0 Å². The van der Waals surface area contributed by atoms with Crippen LogP contribution in [0.1, 0.15) is 25.3 Å². The van der Waals surface area contributed by atoms with E-state index in [0.29, 0.717) is 22.0 Å². The van der Waals surface area contributed by atoms with Crippen LogP contribution < -0.4 is 5.32 Å². The number of methoxy groups -OCH3 is 1. The van der Waals surface area contributed by atoms with Gasteiger partial charge in [-0.2, -0.15) is 0 Å². The van der Waals surface area contributed by atoms with E-state index in [2.05, 4.69) is 11.9 Å². The number of esters is 2. The van der Waals surface area contributed by atoms with Crippen molar-refractivity contribution in [2.24, 2.45) is 0 Å². The Kier molecular flexibility index (Phi) is 8.32. The van der Waals surface area contributed by atoms with E-state index in [1.54, 1.807) is 38.1 Å². The predicted octanol–water partition coefficient (Wildman–Crippen LogP) is 4.15. The molecule has 1 unspecified atom stereocenters. The van der Waals surface area contributed by atoms with Crippen molar-refractivity contribution in [3.63, 3.8) is 0 Å². The van der Waals surface area contributed by atoms with E-state index in [1.807, 2.05) is 0 Å². The summed E-state index contributed by atoms with van der Waals surface area (Å²) >= 11 is 12.7. The first kappa shape index (κ1) is 23.0. The van der Waals surface area contributed by atoms with E-state index < -0.39 is 17.9 Å². The highest BCUT2D eigenvalue weighted by Crippen LogP contribution is 2.43. The van der Waals surface area contributed by atoms with Crippen molar-refractivity contribution >= 4 is 35.1 Å². The molecule has 156 valence electrons. The molecule has 1 N–H and O–H groups in total. The number of allylic oxidation sites excluding steroid dienone is 1. The van der Waals surface area contributed by atoms with Gasteiger partial charge in [0.2, 0.25) is 0 Å². The zero-order valence-corrected chi connectivity index (χ0v) is 18.0. The monoisotopic (exact) mass is 439 g/mol. The van der Waals surface area contributed by atoms with E-state index in [0.717, 1.165) is 0 Å². The van der Waals surface area contributed by atoms with Crippen LogP contribution >= 0.6 is 23.2 Å². The van der Waals surface area contributed by atoms with Crippen LogP contribution in [0.2, 0.25) is 10.0 Å². The highest BCUT2D eigenvalue weighted by atomic mass is 35.5. The molecule has 1 aromatic carbocycles. The average Bonchev–Trinajstić information content (AvgIpc) is 2.69. The molecule has 1 aliphatic heterocycles. The number of carbonyl (C=O) groups is 2. The minimum Gasteiger partial charge on any atom is -0.466 e. The maximum atomic E-state index is 12.9. The molecule has 0 saturated heterocycles. The lowest BCUT2D eigenvalue weighted by Crippen LogP contribution is -2.34. The SMILES string of the molecule is C=CCOCC1=C(C(=O)OCC)C(c2cccc(Cl)c2Cl)C(C(=O)OC)=C(C)N1. The van der Waals surface area contributed by atoms with Crippen molar-refractivity contribution in [1.29, 1.82) is 0 Å². The van der Waals surface area contributed by atoms with E-state index in [1.165, 1.54) is 7.11 Å². The van der Waals surface area contributed by atoms with E-state index in [4.69, 9.17) is 37.4 Å². The molecule has 0 spiro atoms. The normalized spacial score (nSPS) is 16.4. The summed E-state index contributed by atoms with van der Waals surface area (Å²) in [6.45, 7) is 7.57. The van der Waals surface area contributed by atoms with Gasteiger partial charge in [0.25, 0.3) is 0 Å². The van der Waals surface area contributed by atoms with Crippen LogP contribution in [0.5, 0.6) is 0 Å². The fourth-order valence-electron chi connectivity index (χ4n) is 3.14. The molecule has 1 heterocycles. The smallest absolute Gasteiger partial charge is 0.336 e. The third-order valence-corrected chi connectivity index (χ3v) is 5.15. The first-order chi connectivity index (χ1) is 13.9. The van der Waals surface area contributed by atoms with Gasteiger partial charge in [0.15, 0.2) is 0 Å². The molecule has 2 rings (SSSR count). The lowest BCUT2D eigenvalue weighted by atomic mass is 9.80. The first-order valence-corrected chi connectivity index (χ1v) is 9.71. The van der Waals surface area contributed by atoms with Crippen LogP contribution in [-0.2, 0) is 23.8 Å². The van der Waals surface area contributed by atoms with Gasteiger partial charge in [-0.3, -0.25) is 0 Å². The summed E-state index contributed by atoms with van der Waals surface area (Å²) in [5.41, 5.74) is 1.93. The quantitative estimate of drug-likeness (QED) is 0.372. The fraction of sp³-hybridized carbons (Fsp3) is 0.333. The second-order valence-electron chi connectivity index (χ2n) is 6.15. The minimum absolute atomic E-state index is 0.0840. The number of halogens is 2. The number of rotatable bonds is 8. The van der Waals surface area contributed by atoms with Gasteiger partial charge in [0.05, 0.1) is 59.7 Å². The van der Waals surface area contributed by atoms with Gasteiger partial charge < -0.3 is 19.5 Å². The number of hydrogen-bond acceptors (Lipinski definition) is 6. The van der Waals surface area contributed by atoms with Crippen LogP contribution in [0, 0.1) is 0 Å². The number of hydrogen-bond donors (Lipinski definition) is 1. The molecular formula is C21H23Cl2NO5. The largest absolute Gasteiger partial charge is 0.466 e. The minimum atomic E-state index is -0.837. The Morgan fingerprint density at radius 1 is 1.24 bits per heavy atom. The Balaban J connectivity index is 2.74. The van der Waals surface area contributed by atoms with Gasteiger partial charge in [-0.05, 0) is 25.5 Å². The average molecular weight is 440 g/mol. The molecule has 0 aliphatic carbocycles. The number of carbonyl (C=O) groups excluding carboxylic acids is 2. The van der Waals surface area contributed by atoms with Crippen molar-refractivity contribution in [2.75, 3.05) is 26.9 Å². The molecule has 0 bridgehead atoms. The van der Waals surface area contributed by atoms with Crippen LogP contribution in [-0.4, -0.2) is 38.9 Å². The van der Waals surface area contributed by atoms with Gasteiger partial charge in [0, 0.05) is 5.70 Å². The molecule has 6 nitrogen and oxygen atoms in total. The molecule has 8 heteroatoms. The van der Waals surface area contributed by atoms with Crippen LogP contribution in [0.15, 0.2) is 53.4 Å². The van der Waals surface area contributed by atoms with E-state index in [9.17, 15) is 9.59 Å². The number of benzene rings is 1. The summed E-state index contributed by atoms with van der Waals surface area (Å²) in [5, 5.41) is 3.63. The zero-order chi connectivity index (χ0) is 21.6. The first-order valence-electron chi connectivity index (χ1n) is 8.96. The van der Waals surface area contributed by atoms with Crippen LogP contribution in [0.25, 0.3) is 0 Å².